The molecule has 96 valence electrons. The summed E-state index contributed by atoms with van der Waals surface area (Å²) < 4.78 is 2.48. The third-order valence-electron chi connectivity index (χ3n) is 4.06. The summed E-state index contributed by atoms with van der Waals surface area (Å²) in [5, 5.41) is 1.36. The molecule has 1 atom stereocenters. The summed E-state index contributed by atoms with van der Waals surface area (Å²) in [6, 6.07) is 9.97. The number of aromatic nitrogens is 1. The average Bonchev–Trinajstić information content (AvgIpc) is 2.94. The third-order valence-corrected chi connectivity index (χ3v) is 4.06. The summed E-state index contributed by atoms with van der Waals surface area (Å²) in [6.07, 6.45) is 8.65. The van der Waals surface area contributed by atoms with Gasteiger partial charge in [0.15, 0.2) is 0 Å². The molecule has 0 spiro atoms. The molecule has 3 rings (SSSR count). The monoisotopic (exact) mass is 242 g/mol. The second-order valence-corrected chi connectivity index (χ2v) is 5.74. The van der Waals surface area contributed by atoms with Gasteiger partial charge >= 0.3 is 0 Å². The zero-order chi connectivity index (χ0) is 12.5. The lowest BCUT2D eigenvalue weighted by Gasteiger charge is -2.14. The Morgan fingerprint density at radius 2 is 2.06 bits per heavy atom. The van der Waals surface area contributed by atoms with E-state index in [-0.39, 0.29) is 6.04 Å². The molecule has 0 saturated heterocycles. The maximum Gasteiger partial charge on any atom is 0.0485 e. The number of hydrogen-bond donors (Lipinski definition) is 1. The van der Waals surface area contributed by atoms with Crippen molar-refractivity contribution in [2.24, 2.45) is 5.73 Å². The van der Waals surface area contributed by atoms with E-state index in [2.05, 4.69) is 42.0 Å². The summed E-state index contributed by atoms with van der Waals surface area (Å²) in [4.78, 5) is 0. The Kier molecular flexibility index (Phi) is 3.13. The second kappa shape index (κ2) is 4.77. The summed E-state index contributed by atoms with van der Waals surface area (Å²) in [5.74, 6) is 0. The van der Waals surface area contributed by atoms with Crippen LogP contribution >= 0.6 is 0 Å². The molecule has 1 aromatic heterocycles. The van der Waals surface area contributed by atoms with Crippen LogP contribution in [0.1, 0.15) is 44.2 Å². The smallest absolute Gasteiger partial charge is 0.0485 e. The summed E-state index contributed by atoms with van der Waals surface area (Å²) in [6.45, 7) is 2.07. The number of hydrogen-bond acceptors (Lipinski definition) is 1. The van der Waals surface area contributed by atoms with Crippen molar-refractivity contribution in [2.45, 2.75) is 51.1 Å². The SMILES string of the molecule is CC(N)Cc1ccc2ccn(C3CCCC3)c2c1. The van der Waals surface area contributed by atoms with Gasteiger partial charge in [-0.25, -0.2) is 0 Å². The standard InChI is InChI=1S/C16H22N2/c1-12(17)10-13-6-7-14-8-9-18(16(14)11-13)15-4-2-3-5-15/h6-9,11-12,15H,2-5,10,17H2,1H3. The number of nitrogens with zero attached hydrogens (tertiary/aromatic N) is 1. The fraction of sp³-hybridized carbons (Fsp3) is 0.500. The zero-order valence-corrected chi connectivity index (χ0v) is 11.1. The van der Waals surface area contributed by atoms with E-state index in [1.165, 1.54) is 42.1 Å². The molecule has 2 aromatic rings. The van der Waals surface area contributed by atoms with Crippen LogP contribution in [0.15, 0.2) is 30.5 Å². The normalized spacial score (nSPS) is 18.6. The summed E-state index contributed by atoms with van der Waals surface area (Å²) in [7, 11) is 0. The van der Waals surface area contributed by atoms with E-state index < -0.39 is 0 Å². The van der Waals surface area contributed by atoms with Crippen molar-refractivity contribution in [1.29, 1.82) is 0 Å². The number of fused-ring (bicyclic) bond motifs is 1. The van der Waals surface area contributed by atoms with Gasteiger partial charge in [0, 0.05) is 23.8 Å². The highest BCUT2D eigenvalue weighted by atomic mass is 15.0. The first kappa shape index (κ1) is 11.8. The molecule has 2 heteroatoms. The summed E-state index contributed by atoms with van der Waals surface area (Å²) >= 11 is 0. The summed E-state index contributed by atoms with van der Waals surface area (Å²) in [5.41, 5.74) is 8.64. The molecule has 2 nitrogen and oxygen atoms in total. The van der Waals surface area contributed by atoms with Gasteiger partial charge in [0.05, 0.1) is 0 Å². The van der Waals surface area contributed by atoms with Gasteiger partial charge in [-0.1, -0.05) is 25.0 Å². The Balaban J connectivity index is 1.99. The lowest BCUT2D eigenvalue weighted by Crippen LogP contribution is -2.17. The van der Waals surface area contributed by atoms with Crippen LogP contribution in [0.5, 0.6) is 0 Å². The molecular formula is C16H22N2. The molecule has 1 fully saturated rings. The fourth-order valence-corrected chi connectivity index (χ4v) is 3.19. The molecule has 0 amide bonds. The first-order valence-corrected chi connectivity index (χ1v) is 7.09. The van der Waals surface area contributed by atoms with Crippen LogP contribution in [0.3, 0.4) is 0 Å². The van der Waals surface area contributed by atoms with Crippen molar-refractivity contribution < 1.29 is 0 Å². The van der Waals surface area contributed by atoms with Crippen LogP contribution in [0.25, 0.3) is 10.9 Å². The van der Waals surface area contributed by atoms with Gasteiger partial charge in [-0.2, -0.15) is 0 Å². The molecule has 1 aliphatic rings. The van der Waals surface area contributed by atoms with Crippen molar-refractivity contribution in [3.8, 4) is 0 Å². The minimum atomic E-state index is 0.234. The van der Waals surface area contributed by atoms with Crippen molar-refractivity contribution in [2.75, 3.05) is 0 Å². The minimum absolute atomic E-state index is 0.234. The second-order valence-electron chi connectivity index (χ2n) is 5.74. The van der Waals surface area contributed by atoms with E-state index >= 15 is 0 Å². The topological polar surface area (TPSA) is 30.9 Å². The fourth-order valence-electron chi connectivity index (χ4n) is 3.19. The van der Waals surface area contributed by atoms with Gasteiger partial charge in [-0.05, 0) is 49.3 Å². The van der Waals surface area contributed by atoms with E-state index in [0.717, 1.165) is 6.42 Å². The Hall–Kier alpha value is -1.28. The van der Waals surface area contributed by atoms with Crippen LogP contribution in [-0.4, -0.2) is 10.6 Å². The Labute approximate surface area is 109 Å². The molecule has 1 heterocycles. The van der Waals surface area contributed by atoms with Gasteiger partial charge in [0.2, 0.25) is 0 Å². The molecule has 0 bridgehead atoms. The molecule has 2 N–H and O–H groups in total. The molecule has 1 aliphatic carbocycles. The highest BCUT2D eigenvalue weighted by Gasteiger charge is 2.18. The first-order valence-electron chi connectivity index (χ1n) is 7.09. The van der Waals surface area contributed by atoms with Gasteiger partial charge in [-0.15, -0.1) is 0 Å². The lowest BCUT2D eigenvalue weighted by atomic mass is 10.1. The largest absolute Gasteiger partial charge is 0.344 e. The zero-order valence-electron chi connectivity index (χ0n) is 11.1. The highest BCUT2D eigenvalue weighted by Crippen LogP contribution is 2.33. The first-order chi connectivity index (χ1) is 8.74. The van der Waals surface area contributed by atoms with Crippen LogP contribution in [-0.2, 0) is 6.42 Å². The van der Waals surface area contributed by atoms with Crippen LogP contribution in [0, 0.1) is 0 Å². The molecular weight excluding hydrogens is 220 g/mol. The van der Waals surface area contributed by atoms with Crippen molar-refractivity contribution in [3.05, 3.63) is 36.0 Å². The van der Waals surface area contributed by atoms with Crippen LogP contribution in [0.4, 0.5) is 0 Å². The molecule has 1 aromatic carbocycles. The van der Waals surface area contributed by atoms with Gasteiger partial charge in [0.1, 0.15) is 0 Å². The lowest BCUT2D eigenvalue weighted by molar-refractivity contribution is 0.535. The molecule has 0 radical (unpaired) electrons. The van der Waals surface area contributed by atoms with E-state index in [1.807, 2.05) is 0 Å². The average molecular weight is 242 g/mol. The number of nitrogens with two attached hydrogens (primary N) is 1. The van der Waals surface area contributed by atoms with Gasteiger partial charge in [0.25, 0.3) is 0 Å². The van der Waals surface area contributed by atoms with Crippen molar-refractivity contribution in [1.82, 2.24) is 4.57 Å². The molecule has 0 aliphatic heterocycles. The maximum atomic E-state index is 5.90. The Morgan fingerprint density at radius 1 is 1.28 bits per heavy atom. The van der Waals surface area contributed by atoms with E-state index in [9.17, 15) is 0 Å². The predicted octanol–water partition coefficient (Wildman–Crippen LogP) is 3.65. The van der Waals surface area contributed by atoms with Gasteiger partial charge in [-0.3, -0.25) is 0 Å². The third kappa shape index (κ3) is 2.17. The molecule has 18 heavy (non-hydrogen) atoms. The molecule has 1 saturated carbocycles. The van der Waals surface area contributed by atoms with Crippen molar-refractivity contribution in [3.63, 3.8) is 0 Å². The molecule has 1 unspecified atom stereocenters. The van der Waals surface area contributed by atoms with E-state index in [0.29, 0.717) is 6.04 Å². The number of benzene rings is 1. The van der Waals surface area contributed by atoms with E-state index in [1.54, 1.807) is 0 Å². The maximum absolute atomic E-state index is 5.90. The minimum Gasteiger partial charge on any atom is -0.344 e. The van der Waals surface area contributed by atoms with Gasteiger partial charge < -0.3 is 10.3 Å². The highest BCUT2D eigenvalue weighted by molar-refractivity contribution is 5.81. The van der Waals surface area contributed by atoms with Crippen LogP contribution < -0.4 is 5.73 Å². The number of rotatable bonds is 3. The van der Waals surface area contributed by atoms with Crippen LogP contribution in [0.2, 0.25) is 0 Å². The quantitative estimate of drug-likeness (QED) is 0.875. The van der Waals surface area contributed by atoms with E-state index in [4.69, 9.17) is 5.73 Å². The predicted molar refractivity (Wildman–Crippen MR) is 76.8 cm³/mol. The Bertz CT molecular complexity index is 533. The van der Waals surface area contributed by atoms with Crippen molar-refractivity contribution >= 4 is 10.9 Å². The Morgan fingerprint density at radius 3 is 2.78 bits per heavy atom.